The van der Waals surface area contributed by atoms with Gasteiger partial charge in [-0.1, -0.05) is 6.07 Å². The first-order valence-electron chi connectivity index (χ1n) is 10.1. The van der Waals surface area contributed by atoms with Crippen molar-refractivity contribution in [3.8, 4) is 11.1 Å². The Kier molecular flexibility index (Phi) is 5.48. The molecule has 166 valence electrons. The molecule has 1 saturated carbocycles. The molecule has 2 N–H and O–H groups in total. The predicted octanol–water partition coefficient (Wildman–Crippen LogP) is 1.73. The number of rotatable bonds is 6. The van der Waals surface area contributed by atoms with E-state index in [1.54, 1.807) is 34.1 Å². The molecular formula is C20H25N5O5S. The van der Waals surface area contributed by atoms with Crippen molar-refractivity contribution in [2.45, 2.75) is 32.4 Å². The zero-order chi connectivity index (χ0) is 22.3. The van der Waals surface area contributed by atoms with Gasteiger partial charge < -0.3 is 10.0 Å². The molecule has 1 fully saturated rings. The van der Waals surface area contributed by atoms with Crippen LogP contribution < -0.4 is 14.5 Å². The Hall–Kier alpha value is -2.92. The van der Waals surface area contributed by atoms with Crippen LogP contribution in [0.4, 0.5) is 16.2 Å². The summed E-state index contributed by atoms with van der Waals surface area (Å²) in [6.45, 7) is 2.65. The van der Waals surface area contributed by atoms with Crippen molar-refractivity contribution < 1.29 is 23.1 Å². The Bertz CT molecular complexity index is 1120. The number of benzene rings is 1. The fourth-order valence-electron chi connectivity index (χ4n) is 3.83. The quantitative estimate of drug-likeness (QED) is 0.695. The number of aromatic nitrogens is 2. The molecule has 11 heteroatoms. The monoisotopic (exact) mass is 447 g/mol. The lowest BCUT2D eigenvalue weighted by Crippen LogP contribution is -2.52. The van der Waals surface area contributed by atoms with Gasteiger partial charge in [0.1, 0.15) is 0 Å². The molecule has 2 aliphatic rings. The molecule has 31 heavy (non-hydrogen) atoms. The van der Waals surface area contributed by atoms with Gasteiger partial charge in [0.25, 0.3) is 0 Å². The number of hydrogen-bond donors (Lipinski definition) is 2. The molecule has 0 bridgehead atoms. The zero-order valence-electron chi connectivity index (χ0n) is 17.4. The average molecular weight is 448 g/mol. The minimum Gasteiger partial charge on any atom is -0.465 e. The average Bonchev–Trinajstić information content (AvgIpc) is 3.44. The maximum Gasteiger partial charge on any atom is 0.411 e. The molecule has 0 radical (unpaired) electrons. The Labute approximate surface area is 180 Å². The fraction of sp³-hybridized carbons (Fsp3) is 0.450. The molecule has 1 aliphatic carbocycles. The molecule has 10 nitrogen and oxygen atoms in total. The highest BCUT2D eigenvalue weighted by molar-refractivity contribution is 7.88. The van der Waals surface area contributed by atoms with E-state index in [1.807, 2.05) is 13.0 Å². The van der Waals surface area contributed by atoms with Crippen molar-refractivity contribution in [1.82, 2.24) is 14.5 Å². The van der Waals surface area contributed by atoms with Crippen LogP contribution in [0, 0.1) is 5.92 Å². The van der Waals surface area contributed by atoms with Gasteiger partial charge in [-0.15, -0.1) is 0 Å². The molecule has 4 rings (SSSR count). The topological polar surface area (TPSA) is 125 Å². The van der Waals surface area contributed by atoms with Crippen LogP contribution in [0.15, 0.2) is 30.6 Å². The lowest BCUT2D eigenvalue weighted by Gasteiger charge is -2.40. The number of sulfonamides is 1. The summed E-state index contributed by atoms with van der Waals surface area (Å²) in [4.78, 5) is 27.7. The van der Waals surface area contributed by atoms with E-state index < -0.39 is 16.1 Å². The Morgan fingerprint density at radius 2 is 1.97 bits per heavy atom. The lowest BCUT2D eigenvalue weighted by molar-refractivity contribution is -0.120. The second-order valence-corrected chi connectivity index (χ2v) is 9.92. The number of hydrogen-bond acceptors (Lipinski definition) is 5. The third-order valence-electron chi connectivity index (χ3n) is 5.48. The van der Waals surface area contributed by atoms with Crippen LogP contribution in [0.3, 0.4) is 0 Å². The molecule has 2 aromatic rings. The second-order valence-electron chi connectivity index (χ2n) is 8.09. The van der Waals surface area contributed by atoms with E-state index >= 15 is 0 Å². The number of fused-ring (bicyclic) bond motifs is 1. The van der Waals surface area contributed by atoms with Gasteiger partial charge in [0, 0.05) is 30.8 Å². The summed E-state index contributed by atoms with van der Waals surface area (Å²) in [5, 5.41) is 14.0. The van der Waals surface area contributed by atoms with E-state index in [0.29, 0.717) is 17.9 Å². The third-order valence-corrected chi connectivity index (χ3v) is 6.21. The number of nitrogens with one attached hydrogen (secondary N) is 1. The molecule has 1 atom stereocenters. The Morgan fingerprint density at radius 3 is 2.61 bits per heavy atom. The van der Waals surface area contributed by atoms with Gasteiger partial charge in [0.05, 0.1) is 36.4 Å². The molecule has 1 aromatic carbocycles. The smallest absolute Gasteiger partial charge is 0.411 e. The van der Waals surface area contributed by atoms with Crippen LogP contribution in [-0.4, -0.2) is 60.7 Å². The molecule has 0 saturated heterocycles. The van der Waals surface area contributed by atoms with E-state index in [0.717, 1.165) is 30.2 Å². The molecule has 0 spiro atoms. The van der Waals surface area contributed by atoms with E-state index in [4.69, 9.17) is 0 Å². The number of anilines is 2. The number of amides is 2. The second kappa shape index (κ2) is 7.97. The van der Waals surface area contributed by atoms with Crippen molar-refractivity contribution in [3.05, 3.63) is 30.6 Å². The normalized spacial score (nSPS) is 18.7. The molecule has 2 heterocycles. The Balaban J connectivity index is 1.62. The summed E-state index contributed by atoms with van der Waals surface area (Å²) < 4.78 is 26.4. The van der Waals surface area contributed by atoms with Crippen molar-refractivity contribution >= 4 is 33.4 Å². The fourth-order valence-corrected chi connectivity index (χ4v) is 4.29. The molecule has 0 unspecified atom stereocenters. The van der Waals surface area contributed by atoms with E-state index in [2.05, 4.69) is 9.82 Å². The van der Waals surface area contributed by atoms with Crippen molar-refractivity contribution in [2.75, 3.05) is 29.1 Å². The molecule has 1 aliphatic heterocycles. The third kappa shape index (κ3) is 4.57. The summed E-state index contributed by atoms with van der Waals surface area (Å²) in [6.07, 6.45) is 5.21. The lowest BCUT2D eigenvalue weighted by atomic mass is 10.0. The van der Waals surface area contributed by atoms with Crippen molar-refractivity contribution in [3.63, 3.8) is 0 Å². The van der Waals surface area contributed by atoms with Crippen LogP contribution in [0.2, 0.25) is 0 Å². The summed E-state index contributed by atoms with van der Waals surface area (Å²) in [5.74, 6) is 0.0860. The van der Waals surface area contributed by atoms with Crippen LogP contribution in [0.5, 0.6) is 0 Å². The van der Waals surface area contributed by atoms with Crippen LogP contribution >= 0.6 is 0 Å². The first-order chi connectivity index (χ1) is 14.6. The molecular weight excluding hydrogens is 422 g/mol. The van der Waals surface area contributed by atoms with Crippen LogP contribution in [0.25, 0.3) is 11.1 Å². The van der Waals surface area contributed by atoms with Gasteiger partial charge in [0.2, 0.25) is 15.9 Å². The summed E-state index contributed by atoms with van der Waals surface area (Å²) in [5.41, 5.74) is 2.61. The summed E-state index contributed by atoms with van der Waals surface area (Å²) in [6, 6.07) is 5.16. The van der Waals surface area contributed by atoms with Crippen molar-refractivity contribution in [1.29, 1.82) is 0 Å². The highest BCUT2D eigenvalue weighted by Gasteiger charge is 2.41. The van der Waals surface area contributed by atoms with Gasteiger partial charge in [0.15, 0.2) is 0 Å². The van der Waals surface area contributed by atoms with Gasteiger partial charge in [-0.3, -0.25) is 14.4 Å². The first kappa shape index (κ1) is 21.3. The van der Waals surface area contributed by atoms with E-state index in [9.17, 15) is 23.1 Å². The van der Waals surface area contributed by atoms with Gasteiger partial charge in [-0.2, -0.15) is 5.10 Å². The first-order valence-corrected chi connectivity index (χ1v) is 12.0. The largest absolute Gasteiger partial charge is 0.465 e. The van der Waals surface area contributed by atoms with Gasteiger partial charge in [-0.05, 0) is 37.5 Å². The van der Waals surface area contributed by atoms with E-state index in [1.165, 1.54) is 4.90 Å². The predicted molar refractivity (Wildman–Crippen MR) is 116 cm³/mol. The van der Waals surface area contributed by atoms with Crippen LogP contribution in [-0.2, 0) is 21.4 Å². The zero-order valence-corrected chi connectivity index (χ0v) is 18.2. The summed E-state index contributed by atoms with van der Waals surface area (Å²) in [7, 11) is -3.27. The standard InChI is InChI=1S/C20H25N5O5S/c1-13-11-24(20(27)28)18-9-15(5-6-17(18)25(13)19(26)14-3-4-14)16-10-21-23(12-16)8-7-22-31(2,29)30/h5-6,9-10,12-14,22H,3-4,7-8,11H2,1-2H3,(H,27,28)/t13-/m0/s1. The van der Waals surface area contributed by atoms with Gasteiger partial charge in [-0.25, -0.2) is 17.9 Å². The SMILES string of the molecule is C[C@H]1CN(C(=O)O)c2cc(-c3cnn(CCNS(C)(=O)=O)c3)ccc2N1C(=O)C1CC1. The number of carboxylic acid groups (broad SMARTS) is 1. The highest BCUT2D eigenvalue weighted by Crippen LogP contribution is 2.42. The number of nitrogens with zero attached hydrogens (tertiary/aromatic N) is 4. The van der Waals surface area contributed by atoms with Gasteiger partial charge >= 0.3 is 6.09 Å². The maximum atomic E-state index is 12.8. The van der Waals surface area contributed by atoms with E-state index in [-0.39, 0.29) is 31.0 Å². The molecule has 1 aromatic heterocycles. The number of carbonyl (C=O) groups excluding carboxylic acids is 1. The number of carbonyl (C=O) groups is 2. The minimum absolute atomic E-state index is 0.0325. The van der Waals surface area contributed by atoms with Crippen molar-refractivity contribution in [2.24, 2.45) is 5.92 Å². The maximum absolute atomic E-state index is 12.8. The summed E-state index contributed by atoms with van der Waals surface area (Å²) >= 11 is 0. The molecule has 2 amide bonds. The highest BCUT2D eigenvalue weighted by atomic mass is 32.2. The Morgan fingerprint density at radius 1 is 1.23 bits per heavy atom. The van der Waals surface area contributed by atoms with Crippen LogP contribution in [0.1, 0.15) is 19.8 Å². The minimum atomic E-state index is -3.27.